The summed E-state index contributed by atoms with van der Waals surface area (Å²) in [5.41, 5.74) is 8.34. The molecule has 4 N–H and O–H groups in total. The van der Waals surface area contributed by atoms with Crippen molar-refractivity contribution < 1.29 is 32.7 Å². The monoisotopic (exact) mass is 455 g/mol. The van der Waals surface area contributed by atoms with E-state index in [1.54, 1.807) is 36.7 Å². The van der Waals surface area contributed by atoms with E-state index < -0.39 is 14.6 Å². The molecule has 4 rings (SSSR count). The highest BCUT2D eigenvalue weighted by Crippen LogP contribution is 2.35. The van der Waals surface area contributed by atoms with Crippen LogP contribution in [0.15, 0.2) is 77.6 Å². The number of aromatic nitrogens is 3. The van der Waals surface area contributed by atoms with E-state index in [0.717, 1.165) is 5.56 Å². The molecule has 1 aromatic carbocycles. The molecule has 0 atom stereocenters. The quantitative estimate of drug-likeness (QED) is 0.270. The zero-order valence-electron chi connectivity index (χ0n) is 16.7. The lowest BCUT2D eigenvalue weighted by atomic mass is 10.1. The van der Waals surface area contributed by atoms with Crippen LogP contribution < -0.4 is 15.0 Å². The molecule has 3 heterocycles. The third kappa shape index (κ3) is 5.57. The number of hydrogen-bond acceptors (Lipinski definition) is 7. The summed E-state index contributed by atoms with van der Waals surface area (Å²) in [6, 6.07) is 18.2. The van der Waals surface area contributed by atoms with Crippen LogP contribution in [-0.4, -0.2) is 19.9 Å². The number of phosphoric acid groups is 1. The number of pyridine rings is 2. The summed E-state index contributed by atoms with van der Waals surface area (Å²) in [6.07, 6.45) is 3.74. The van der Waals surface area contributed by atoms with Crippen molar-refractivity contribution in [1.29, 1.82) is 0 Å². The molecule has 0 spiro atoms. The van der Waals surface area contributed by atoms with E-state index in [2.05, 4.69) is 14.7 Å². The normalized spacial score (nSPS) is 11.4. The van der Waals surface area contributed by atoms with Crippen molar-refractivity contribution in [1.82, 2.24) is 10.1 Å². The van der Waals surface area contributed by atoms with Crippen molar-refractivity contribution in [2.75, 3.05) is 5.73 Å². The lowest BCUT2D eigenvalue weighted by Crippen LogP contribution is -2.38. The number of ether oxygens (including phenoxy) is 1. The fourth-order valence-electron chi connectivity index (χ4n) is 2.96. The second-order valence-electron chi connectivity index (χ2n) is 6.80. The van der Waals surface area contributed by atoms with Gasteiger partial charge in [-0.1, -0.05) is 23.4 Å². The van der Waals surface area contributed by atoms with Gasteiger partial charge in [-0.2, -0.15) is 0 Å². The molecule has 3 aromatic heterocycles. The predicted molar refractivity (Wildman–Crippen MR) is 113 cm³/mol. The lowest BCUT2D eigenvalue weighted by Gasteiger charge is -2.07. The van der Waals surface area contributed by atoms with Crippen LogP contribution in [0.1, 0.15) is 11.3 Å². The Morgan fingerprint density at radius 2 is 1.91 bits per heavy atom. The molecule has 11 heteroatoms. The van der Waals surface area contributed by atoms with Gasteiger partial charge in [-0.25, -0.2) is 18.6 Å². The fourth-order valence-corrected chi connectivity index (χ4v) is 3.23. The van der Waals surface area contributed by atoms with Gasteiger partial charge in [0.15, 0.2) is 5.76 Å². The Kier molecular flexibility index (Phi) is 6.29. The van der Waals surface area contributed by atoms with Gasteiger partial charge in [-0.15, -0.1) is 0 Å². The molecule has 0 aliphatic carbocycles. The van der Waals surface area contributed by atoms with Crippen LogP contribution in [-0.2, 0) is 22.2 Å². The van der Waals surface area contributed by atoms with Gasteiger partial charge in [0.25, 0.3) is 5.82 Å². The second-order valence-corrected chi connectivity index (χ2v) is 8.04. The molecule has 164 valence electrons. The van der Waals surface area contributed by atoms with Crippen molar-refractivity contribution in [2.24, 2.45) is 0 Å². The fraction of sp³-hybridized carbons (Fsp3) is 0.0952. The van der Waals surface area contributed by atoms with Gasteiger partial charge in [0.05, 0.1) is 11.9 Å². The molecule has 32 heavy (non-hydrogen) atoms. The second kappa shape index (κ2) is 9.29. The van der Waals surface area contributed by atoms with Crippen LogP contribution in [0.5, 0.6) is 11.6 Å². The van der Waals surface area contributed by atoms with E-state index in [1.165, 1.54) is 4.57 Å². The first-order valence-corrected chi connectivity index (χ1v) is 11.0. The largest absolute Gasteiger partial charge is 0.472 e. The third-order valence-corrected chi connectivity index (χ3v) is 4.92. The Labute approximate surface area is 183 Å². The Bertz CT molecular complexity index is 1240. The van der Waals surface area contributed by atoms with Gasteiger partial charge >= 0.3 is 7.82 Å². The Hall–Kier alpha value is -3.56. The minimum absolute atomic E-state index is 0.222. The third-order valence-electron chi connectivity index (χ3n) is 4.47. The van der Waals surface area contributed by atoms with Crippen molar-refractivity contribution in [3.63, 3.8) is 0 Å². The smallest absolute Gasteiger partial charge is 0.439 e. The van der Waals surface area contributed by atoms with Crippen LogP contribution in [0.4, 0.5) is 5.82 Å². The lowest BCUT2D eigenvalue weighted by molar-refractivity contribution is -0.711. The number of anilines is 1. The molecule has 0 radical (unpaired) electrons. The molecular weight excluding hydrogens is 435 g/mol. The number of nitrogens with two attached hydrogens (primary N) is 1. The zero-order chi connectivity index (χ0) is 22.6. The molecule has 0 aliphatic heterocycles. The van der Waals surface area contributed by atoms with E-state index >= 15 is 0 Å². The van der Waals surface area contributed by atoms with Gasteiger partial charge in [0.2, 0.25) is 12.6 Å². The Morgan fingerprint density at radius 3 is 2.62 bits per heavy atom. The van der Waals surface area contributed by atoms with Crippen LogP contribution in [0.3, 0.4) is 0 Å². The zero-order valence-corrected chi connectivity index (χ0v) is 17.6. The van der Waals surface area contributed by atoms with E-state index in [-0.39, 0.29) is 5.82 Å². The van der Waals surface area contributed by atoms with Crippen molar-refractivity contribution in [3.8, 4) is 23.0 Å². The molecule has 10 nitrogen and oxygen atoms in total. The maximum atomic E-state index is 10.9. The summed E-state index contributed by atoms with van der Waals surface area (Å²) in [5.74, 6) is 1.84. The van der Waals surface area contributed by atoms with Crippen LogP contribution >= 0.6 is 7.82 Å². The average molecular weight is 455 g/mol. The van der Waals surface area contributed by atoms with Crippen LogP contribution in [0, 0.1) is 0 Å². The SMILES string of the molecule is Nc1c(-c2cc(Cc3ccc(Oc4ccccn4)cc3)no2)ccc[n+]1COP(=O)(O)O. The maximum absolute atomic E-state index is 10.9. The van der Waals surface area contributed by atoms with Crippen molar-refractivity contribution >= 4 is 13.6 Å². The summed E-state index contributed by atoms with van der Waals surface area (Å²) >= 11 is 0. The van der Waals surface area contributed by atoms with Gasteiger partial charge in [-0.05, 0) is 35.9 Å². The number of nitrogen functional groups attached to an aromatic ring is 1. The molecule has 0 bridgehead atoms. The Morgan fingerprint density at radius 1 is 1.09 bits per heavy atom. The number of nitrogens with zero attached hydrogens (tertiary/aromatic N) is 3. The van der Waals surface area contributed by atoms with Gasteiger partial charge < -0.3 is 19.0 Å². The minimum atomic E-state index is -4.62. The van der Waals surface area contributed by atoms with E-state index in [4.69, 9.17) is 24.8 Å². The average Bonchev–Trinajstić information content (AvgIpc) is 3.23. The highest BCUT2D eigenvalue weighted by atomic mass is 31.2. The van der Waals surface area contributed by atoms with Gasteiger partial charge in [-0.3, -0.25) is 5.73 Å². The molecular formula is C21H20N4O6P+. The molecule has 0 aliphatic rings. The summed E-state index contributed by atoms with van der Waals surface area (Å²) in [6.45, 7) is -0.405. The van der Waals surface area contributed by atoms with Gasteiger partial charge in [0.1, 0.15) is 11.3 Å². The maximum Gasteiger partial charge on any atom is 0.472 e. The molecule has 0 saturated heterocycles. The highest BCUT2D eigenvalue weighted by Gasteiger charge is 2.20. The summed E-state index contributed by atoms with van der Waals surface area (Å²) < 4.78 is 27.9. The molecule has 0 amide bonds. The molecule has 0 saturated carbocycles. The van der Waals surface area contributed by atoms with E-state index in [1.807, 2.05) is 36.4 Å². The minimum Gasteiger partial charge on any atom is -0.439 e. The highest BCUT2D eigenvalue weighted by molar-refractivity contribution is 7.46. The van der Waals surface area contributed by atoms with Crippen LogP contribution in [0.25, 0.3) is 11.3 Å². The molecule has 0 unspecified atom stereocenters. The van der Waals surface area contributed by atoms with Gasteiger partial charge in [0, 0.05) is 24.8 Å². The molecule has 0 fully saturated rings. The van der Waals surface area contributed by atoms with E-state index in [9.17, 15) is 4.57 Å². The van der Waals surface area contributed by atoms with Crippen LogP contribution in [0.2, 0.25) is 0 Å². The van der Waals surface area contributed by atoms with Crippen molar-refractivity contribution in [2.45, 2.75) is 13.2 Å². The summed E-state index contributed by atoms with van der Waals surface area (Å²) in [4.78, 5) is 21.9. The summed E-state index contributed by atoms with van der Waals surface area (Å²) in [5, 5.41) is 4.10. The number of hydrogen-bond donors (Lipinski definition) is 3. The summed E-state index contributed by atoms with van der Waals surface area (Å²) in [7, 11) is -4.62. The number of phosphoric ester groups is 1. The Balaban J connectivity index is 1.45. The topological polar surface area (TPSA) is 145 Å². The first-order chi connectivity index (χ1) is 15.4. The predicted octanol–water partition coefficient (Wildman–Crippen LogP) is 3.06. The first-order valence-electron chi connectivity index (χ1n) is 9.49. The van der Waals surface area contributed by atoms with Crippen molar-refractivity contribution in [3.05, 3.63) is 84.3 Å². The van der Waals surface area contributed by atoms with E-state index in [0.29, 0.717) is 35.1 Å². The first kappa shape index (κ1) is 21.7. The standard InChI is InChI=1S/C21H19N4O6P/c22-21-18(4-3-11-25(21)14-29-32(26,27)28)19-13-16(24-31-19)12-15-6-8-17(9-7-15)30-20-5-1-2-10-23-20/h1-11,13,22H,12,14H2,(H2,26,27,28)/p+1. The molecule has 4 aromatic rings. The number of benzene rings is 1. The number of rotatable bonds is 8.